The molecule has 1 aromatic heterocycles. The van der Waals surface area contributed by atoms with Crippen LogP contribution in [-0.4, -0.2) is 21.3 Å². The number of nitrogens with two attached hydrogens (primary N) is 1. The Morgan fingerprint density at radius 2 is 1.88 bits per heavy atom. The molecule has 0 aliphatic carbocycles. The number of hydrogen-bond donors (Lipinski definition) is 1. The summed E-state index contributed by atoms with van der Waals surface area (Å²) in [7, 11) is 1.97. The fourth-order valence-electron chi connectivity index (χ4n) is 2.05. The SMILES string of the molecule is CC(C)CC(CN)Cc1nc(C(C)C)nn1C. The van der Waals surface area contributed by atoms with Crippen LogP contribution in [0.15, 0.2) is 0 Å². The average Bonchev–Trinajstić information content (AvgIpc) is 2.59. The summed E-state index contributed by atoms with van der Waals surface area (Å²) in [4.78, 5) is 4.60. The molecular formula is C13H26N4. The highest BCUT2D eigenvalue weighted by molar-refractivity contribution is 4.98. The zero-order chi connectivity index (χ0) is 13.0. The van der Waals surface area contributed by atoms with E-state index in [4.69, 9.17) is 5.73 Å². The molecule has 1 atom stereocenters. The fraction of sp³-hybridized carbons (Fsp3) is 0.846. The van der Waals surface area contributed by atoms with Gasteiger partial charge in [0.2, 0.25) is 0 Å². The van der Waals surface area contributed by atoms with Crippen molar-refractivity contribution in [2.75, 3.05) is 6.54 Å². The zero-order valence-corrected chi connectivity index (χ0v) is 11.8. The van der Waals surface area contributed by atoms with Crippen LogP contribution in [0.4, 0.5) is 0 Å². The normalized spacial score (nSPS) is 13.6. The number of aromatic nitrogens is 3. The molecule has 1 aromatic rings. The lowest BCUT2D eigenvalue weighted by Crippen LogP contribution is -2.20. The summed E-state index contributed by atoms with van der Waals surface area (Å²) in [6.07, 6.45) is 2.09. The van der Waals surface area contributed by atoms with E-state index < -0.39 is 0 Å². The standard InChI is InChI=1S/C13H26N4/c1-9(2)6-11(8-14)7-12-15-13(10(3)4)16-17(12)5/h9-11H,6-8,14H2,1-5H3. The van der Waals surface area contributed by atoms with Crippen molar-refractivity contribution in [3.05, 3.63) is 11.6 Å². The Kier molecular flexibility index (Phi) is 5.12. The predicted molar refractivity (Wildman–Crippen MR) is 70.8 cm³/mol. The lowest BCUT2D eigenvalue weighted by molar-refractivity contribution is 0.403. The van der Waals surface area contributed by atoms with Crippen LogP contribution < -0.4 is 5.73 Å². The Bertz CT molecular complexity index is 341. The first kappa shape index (κ1) is 14.2. The van der Waals surface area contributed by atoms with Crippen LogP contribution in [0, 0.1) is 11.8 Å². The highest BCUT2D eigenvalue weighted by Gasteiger charge is 2.16. The maximum atomic E-state index is 5.83. The molecule has 0 radical (unpaired) electrons. The molecule has 0 amide bonds. The van der Waals surface area contributed by atoms with Crippen molar-refractivity contribution in [2.24, 2.45) is 24.6 Å². The van der Waals surface area contributed by atoms with Gasteiger partial charge < -0.3 is 5.73 Å². The van der Waals surface area contributed by atoms with E-state index in [2.05, 4.69) is 37.8 Å². The minimum absolute atomic E-state index is 0.386. The van der Waals surface area contributed by atoms with Crippen molar-refractivity contribution in [2.45, 2.75) is 46.5 Å². The van der Waals surface area contributed by atoms with Crippen LogP contribution in [0.3, 0.4) is 0 Å². The van der Waals surface area contributed by atoms with Crippen molar-refractivity contribution in [1.29, 1.82) is 0 Å². The van der Waals surface area contributed by atoms with Gasteiger partial charge in [0.25, 0.3) is 0 Å². The molecule has 4 nitrogen and oxygen atoms in total. The smallest absolute Gasteiger partial charge is 0.153 e. The molecule has 1 rings (SSSR count). The number of rotatable bonds is 6. The molecule has 0 saturated carbocycles. The third-order valence-corrected chi connectivity index (χ3v) is 3.00. The molecule has 0 aliphatic rings. The summed E-state index contributed by atoms with van der Waals surface area (Å²) < 4.78 is 1.90. The molecule has 1 unspecified atom stereocenters. The van der Waals surface area contributed by atoms with Crippen LogP contribution in [0.25, 0.3) is 0 Å². The molecule has 17 heavy (non-hydrogen) atoms. The largest absolute Gasteiger partial charge is 0.330 e. The molecule has 0 fully saturated rings. The minimum atomic E-state index is 0.386. The number of aryl methyl sites for hydroxylation is 1. The lowest BCUT2D eigenvalue weighted by Gasteiger charge is -2.16. The summed E-state index contributed by atoms with van der Waals surface area (Å²) >= 11 is 0. The summed E-state index contributed by atoms with van der Waals surface area (Å²) in [6, 6.07) is 0. The third-order valence-electron chi connectivity index (χ3n) is 3.00. The van der Waals surface area contributed by atoms with Gasteiger partial charge in [-0.2, -0.15) is 5.10 Å². The van der Waals surface area contributed by atoms with E-state index in [0.29, 0.717) is 17.8 Å². The molecular weight excluding hydrogens is 212 g/mol. The lowest BCUT2D eigenvalue weighted by atomic mass is 9.94. The van der Waals surface area contributed by atoms with Crippen LogP contribution in [0.5, 0.6) is 0 Å². The molecule has 0 aliphatic heterocycles. The van der Waals surface area contributed by atoms with E-state index in [1.807, 2.05) is 11.7 Å². The van der Waals surface area contributed by atoms with Gasteiger partial charge in [-0.05, 0) is 24.8 Å². The number of hydrogen-bond acceptors (Lipinski definition) is 3. The van der Waals surface area contributed by atoms with Crippen LogP contribution in [-0.2, 0) is 13.5 Å². The number of nitrogens with zero attached hydrogens (tertiary/aromatic N) is 3. The molecule has 2 N–H and O–H groups in total. The summed E-state index contributed by atoms with van der Waals surface area (Å²) in [5, 5.41) is 4.44. The van der Waals surface area contributed by atoms with E-state index in [0.717, 1.165) is 31.0 Å². The maximum absolute atomic E-state index is 5.83. The molecule has 0 bridgehead atoms. The van der Waals surface area contributed by atoms with Crippen molar-refractivity contribution < 1.29 is 0 Å². The Labute approximate surface area is 105 Å². The van der Waals surface area contributed by atoms with E-state index >= 15 is 0 Å². The van der Waals surface area contributed by atoms with Crippen molar-refractivity contribution in [3.8, 4) is 0 Å². The van der Waals surface area contributed by atoms with Gasteiger partial charge in [0, 0.05) is 19.4 Å². The molecule has 0 aromatic carbocycles. The summed E-state index contributed by atoms with van der Waals surface area (Å²) in [6.45, 7) is 9.43. The first-order chi connectivity index (χ1) is 7.93. The monoisotopic (exact) mass is 238 g/mol. The average molecular weight is 238 g/mol. The van der Waals surface area contributed by atoms with Crippen molar-refractivity contribution >= 4 is 0 Å². The fourth-order valence-corrected chi connectivity index (χ4v) is 2.05. The van der Waals surface area contributed by atoms with E-state index in [1.165, 1.54) is 0 Å². The van der Waals surface area contributed by atoms with Crippen LogP contribution >= 0.6 is 0 Å². The Morgan fingerprint density at radius 3 is 2.29 bits per heavy atom. The first-order valence-electron chi connectivity index (χ1n) is 6.53. The third kappa shape index (κ3) is 4.11. The molecule has 0 spiro atoms. The molecule has 0 saturated heterocycles. The zero-order valence-electron chi connectivity index (χ0n) is 11.8. The Balaban J connectivity index is 2.72. The van der Waals surface area contributed by atoms with E-state index in [9.17, 15) is 0 Å². The van der Waals surface area contributed by atoms with Gasteiger partial charge in [-0.15, -0.1) is 0 Å². The first-order valence-corrected chi connectivity index (χ1v) is 6.53. The highest BCUT2D eigenvalue weighted by atomic mass is 15.3. The van der Waals surface area contributed by atoms with Gasteiger partial charge in [-0.25, -0.2) is 4.98 Å². The van der Waals surface area contributed by atoms with Gasteiger partial charge in [0.1, 0.15) is 5.82 Å². The minimum Gasteiger partial charge on any atom is -0.330 e. The summed E-state index contributed by atoms with van der Waals surface area (Å²) in [5.74, 6) is 3.57. The second-order valence-electron chi connectivity index (χ2n) is 5.60. The van der Waals surface area contributed by atoms with Gasteiger partial charge in [0.05, 0.1) is 0 Å². The van der Waals surface area contributed by atoms with Gasteiger partial charge in [-0.3, -0.25) is 4.68 Å². The second-order valence-corrected chi connectivity index (χ2v) is 5.60. The Morgan fingerprint density at radius 1 is 1.24 bits per heavy atom. The quantitative estimate of drug-likeness (QED) is 0.825. The van der Waals surface area contributed by atoms with Gasteiger partial charge in [0.15, 0.2) is 5.82 Å². The van der Waals surface area contributed by atoms with Crippen LogP contribution in [0.2, 0.25) is 0 Å². The van der Waals surface area contributed by atoms with E-state index in [1.54, 1.807) is 0 Å². The van der Waals surface area contributed by atoms with Gasteiger partial charge in [-0.1, -0.05) is 27.7 Å². The predicted octanol–water partition coefficient (Wildman–Crippen LogP) is 2.10. The van der Waals surface area contributed by atoms with Crippen molar-refractivity contribution in [1.82, 2.24) is 14.8 Å². The maximum Gasteiger partial charge on any atom is 0.153 e. The second kappa shape index (κ2) is 6.15. The molecule has 4 heteroatoms. The molecule has 1 heterocycles. The highest BCUT2D eigenvalue weighted by Crippen LogP contribution is 2.17. The topological polar surface area (TPSA) is 56.7 Å². The Hall–Kier alpha value is -0.900. The van der Waals surface area contributed by atoms with Gasteiger partial charge >= 0.3 is 0 Å². The van der Waals surface area contributed by atoms with E-state index in [-0.39, 0.29) is 0 Å². The molecule has 98 valence electrons. The van der Waals surface area contributed by atoms with Crippen molar-refractivity contribution in [3.63, 3.8) is 0 Å². The van der Waals surface area contributed by atoms with Crippen LogP contribution in [0.1, 0.15) is 51.7 Å². The summed E-state index contributed by atoms with van der Waals surface area (Å²) in [5.41, 5.74) is 5.83.